The number of carbonyl (C=O) groups excluding carboxylic acids is 2. The fourth-order valence-corrected chi connectivity index (χ4v) is 2.31. The molecule has 1 N–H and O–H groups in total. The van der Waals surface area contributed by atoms with Gasteiger partial charge in [-0.1, -0.05) is 12.1 Å². The summed E-state index contributed by atoms with van der Waals surface area (Å²) >= 11 is 0. The van der Waals surface area contributed by atoms with Crippen LogP contribution in [0.3, 0.4) is 0 Å². The zero-order chi connectivity index (χ0) is 18.2. The molecule has 0 unspecified atom stereocenters. The number of amides is 1. The van der Waals surface area contributed by atoms with Crippen molar-refractivity contribution in [2.24, 2.45) is 0 Å². The molecule has 0 radical (unpaired) electrons. The first-order valence-electron chi connectivity index (χ1n) is 7.85. The summed E-state index contributed by atoms with van der Waals surface area (Å²) < 4.78 is 15.4. The SMILES string of the molecule is CCOC(=O)c1cccc(NC(=O)Cc2ccc(OC)cc2OC)c1. The van der Waals surface area contributed by atoms with Crippen molar-refractivity contribution in [2.75, 3.05) is 26.1 Å². The minimum Gasteiger partial charge on any atom is -0.497 e. The molecule has 1 amide bonds. The minimum atomic E-state index is -0.421. The van der Waals surface area contributed by atoms with E-state index in [1.807, 2.05) is 0 Å². The molecule has 0 bridgehead atoms. The lowest BCUT2D eigenvalue weighted by Crippen LogP contribution is -2.15. The first kappa shape index (κ1) is 18.3. The van der Waals surface area contributed by atoms with E-state index in [4.69, 9.17) is 14.2 Å². The van der Waals surface area contributed by atoms with Crippen molar-refractivity contribution in [3.63, 3.8) is 0 Å². The molecule has 6 heteroatoms. The quantitative estimate of drug-likeness (QED) is 0.782. The molecular formula is C19H21NO5. The predicted molar refractivity (Wildman–Crippen MR) is 94.3 cm³/mol. The summed E-state index contributed by atoms with van der Waals surface area (Å²) in [5, 5.41) is 2.77. The van der Waals surface area contributed by atoms with Gasteiger partial charge in [-0.05, 0) is 31.2 Å². The maximum atomic E-state index is 12.3. The van der Waals surface area contributed by atoms with Crippen molar-refractivity contribution in [1.29, 1.82) is 0 Å². The number of anilines is 1. The largest absolute Gasteiger partial charge is 0.497 e. The van der Waals surface area contributed by atoms with Crippen LogP contribution in [0.1, 0.15) is 22.8 Å². The van der Waals surface area contributed by atoms with Crippen molar-refractivity contribution in [3.05, 3.63) is 53.6 Å². The molecule has 2 aromatic rings. The number of methoxy groups -OCH3 is 2. The van der Waals surface area contributed by atoms with Gasteiger partial charge in [0.05, 0.1) is 32.8 Å². The second-order valence-electron chi connectivity index (χ2n) is 5.20. The predicted octanol–water partition coefficient (Wildman–Crippen LogP) is 3.06. The molecule has 2 aromatic carbocycles. The third kappa shape index (κ3) is 4.97. The van der Waals surface area contributed by atoms with Crippen LogP contribution in [0, 0.1) is 0 Å². The molecule has 132 valence electrons. The Morgan fingerprint density at radius 2 is 1.84 bits per heavy atom. The van der Waals surface area contributed by atoms with Gasteiger partial charge in [0, 0.05) is 17.3 Å². The Bertz CT molecular complexity index is 757. The van der Waals surface area contributed by atoms with E-state index in [0.29, 0.717) is 29.4 Å². The molecule has 0 saturated carbocycles. The second-order valence-corrected chi connectivity index (χ2v) is 5.20. The van der Waals surface area contributed by atoms with Crippen molar-refractivity contribution >= 4 is 17.6 Å². The smallest absolute Gasteiger partial charge is 0.338 e. The number of hydrogen-bond acceptors (Lipinski definition) is 5. The van der Waals surface area contributed by atoms with Crippen LogP contribution < -0.4 is 14.8 Å². The van der Waals surface area contributed by atoms with E-state index in [0.717, 1.165) is 5.56 Å². The molecular weight excluding hydrogens is 322 g/mol. The van der Waals surface area contributed by atoms with Gasteiger partial charge in [-0.3, -0.25) is 4.79 Å². The summed E-state index contributed by atoms with van der Waals surface area (Å²) in [6.07, 6.45) is 0.136. The van der Waals surface area contributed by atoms with Gasteiger partial charge >= 0.3 is 5.97 Å². The van der Waals surface area contributed by atoms with Gasteiger partial charge in [0.25, 0.3) is 0 Å². The van der Waals surface area contributed by atoms with Gasteiger partial charge in [0.15, 0.2) is 0 Å². The highest BCUT2D eigenvalue weighted by atomic mass is 16.5. The normalized spacial score (nSPS) is 10.0. The summed E-state index contributed by atoms with van der Waals surface area (Å²) in [7, 11) is 3.11. The third-order valence-corrected chi connectivity index (χ3v) is 3.50. The van der Waals surface area contributed by atoms with Crippen molar-refractivity contribution in [3.8, 4) is 11.5 Å². The number of esters is 1. The number of hydrogen-bond donors (Lipinski definition) is 1. The van der Waals surface area contributed by atoms with Gasteiger partial charge in [-0.2, -0.15) is 0 Å². The van der Waals surface area contributed by atoms with E-state index in [-0.39, 0.29) is 12.3 Å². The highest BCUT2D eigenvalue weighted by Crippen LogP contribution is 2.25. The van der Waals surface area contributed by atoms with Crippen LogP contribution in [-0.2, 0) is 16.0 Å². The maximum Gasteiger partial charge on any atom is 0.338 e. The lowest BCUT2D eigenvalue weighted by molar-refractivity contribution is -0.115. The van der Waals surface area contributed by atoms with Crippen LogP contribution in [0.5, 0.6) is 11.5 Å². The highest BCUT2D eigenvalue weighted by Gasteiger charge is 2.12. The Morgan fingerprint density at radius 3 is 2.52 bits per heavy atom. The topological polar surface area (TPSA) is 73.9 Å². The fourth-order valence-electron chi connectivity index (χ4n) is 2.31. The Kier molecular flexibility index (Phi) is 6.39. The van der Waals surface area contributed by atoms with Crippen molar-refractivity contribution in [2.45, 2.75) is 13.3 Å². The Hall–Kier alpha value is -3.02. The first-order chi connectivity index (χ1) is 12.1. The zero-order valence-electron chi connectivity index (χ0n) is 14.5. The number of benzene rings is 2. The molecule has 0 saturated heterocycles. The van der Waals surface area contributed by atoms with Crippen LogP contribution in [0.4, 0.5) is 5.69 Å². The molecule has 0 heterocycles. The highest BCUT2D eigenvalue weighted by molar-refractivity contribution is 5.95. The second kappa shape index (κ2) is 8.73. The lowest BCUT2D eigenvalue weighted by atomic mass is 10.1. The number of carbonyl (C=O) groups is 2. The van der Waals surface area contributed by atoms with E-state index in [1.54, 1.807) is 63.6 Å². The van der Waals surface area contributed by atoms with Crippen LogP contribution in [0.15, 0.2) is 42.5 Å². The van der Waals surface area contributed by atoms with Gasteiger partial charge < -0.3 is 19.5 Å². The van der Waals surface area contributed by atoms with Crippen LogP contribution in [0.2, 0.25) is 0 Å². The monoisotopic (exact) mass is 343 g/mol. The van der Waals surface area contributed by atoms with Gasteiger partial charge in [-0.15, -0.1) is 0 Å². The van der Waals surface area contributed by atoms with E-state index < -0.39 is 5.97 Å². The molecule has 0 aliphatic carbocycles. The molecule has 2 rings (SSSR count). The number of rotatable bonds is 7. The summed E-state index contributed by atoms with van der Waals surface area (Å²) in [5.74, 6) is 0.595. The maximum absolute atomic E-state index is 12.3. The van der Waals surface area contributed by atoms with Crippen molar-refractivity contribution < 1.29 is 23.8 Å². The summed E-state index contributed by atoms with van der Waals surface area (Å²) in [6, 6.07) is 11.9. The van der Waals surface area contributed by atoms with Gasteiger partial charge in [0.2, 0.25) is 5.91 Å². The van der Waals surface area contributed by atoms with E-state index in [9.17, 15) is 9.59 Å². The average molecular weight is 343 g/mol. The van der Waals surface area contributed by atoms with Crippen molar-refractivity contribution in [1.82, 2.24) is 0 Å². The third-order valence-electron chi connectivity index (χ3n) is 3.50. The Labute approximate surface area is 146 Å². The van der Waals surface area contributed by atoms with E-state index in [2.05, 4.69) is 5.32 Å². The average Bonchev–Trinajstić information content (AvgIpc) is 2.62. The molecule has 25 heavy (non-hydrogen) atoms. The number of ether oxygens (including phenoxy) is 3. The number of nitrogens with one attached hydrogen (secondary N) is 1. The van der Waals surface area contributed by atoms with Crippen LogP contribution in [-0.4, -0.2) is 32.7 Å². The summed E-state index contributed by atoms with van der Waals surface area (Å²) in [4.78, 5) is 24.1. The molecule has 0 fully saturated rings. The summed E-state index contributed by atoms with van der Waals surface area (Å²) in [6.45, 7) is 2.04. The van der Waals surface area contributed by atoms with E-state index >= 15 is 0 Å². The molecule has 0 aliphatic rings. The molecule has 0 aliphatic heterocycles. The van der Waals surface area contributed by atoms with E-state index in [1.165, 1.54) is 0 Å². The lowest BCUT2D eigenvalue weighted by Gasteiger charge is -2.11. The minimum absolute atomic E-state index is 0.136. The Balaban J connectivity index is 2.08. The molecule has 0 aromatic heterocycles. The van der Waals surface area contributed by atoms with Crippen LogP contribution in [0.25, 0.3) is 0 Å². The summed E-state index contributed by atoms with van der Waals surface area (Å²) in [5.41, 5.74) is 1.66. The van der Waals surface area contributed by atoms with Gasteiger partial charge in [0.1, 0.15) is 11.5 Å². The fraction of sp³-hybridized carbons (Fsp3) is 0.263. The zero-order valence-corrected chi connectivity index (χ0v) is 14.5. The van der Waals surface area contributed by atoms with Crippen LogP contribution >= 0.6 is 0 Å². The Morgan fingerprint density at radius 1 is 1.04 bits per heavy atom. The first-order valence-corrected chi connectivity index (χ1v) is 7.85. The van der Waals surface area contributed by atoms with Gasteiger partial charge in [-0.25, -0.2) is 4.79 Å². The molecule has 0 spiro atoms. The molecule has 0 atom stereocenters. The molecule has 6 nitrogen and oxygen atoms in total. The standard InChI is InChI=1S/C19H21NO5/c1-4-25-19(22)14-6-5-7-15(10-14)20-18(21)11-13-8-9-16(23-2)12-17(13)24-3/h5-10,12H,4,11H2,1-3H3,(H,20,21).